The largest absolute Gasteiger partial charge is 0.319 e. The van der Waals surface area contributed by atoms with Crippen molar-refractivity contribution in [1.29, 1.82) is 0 Å². The van der Waals surface area contributed by atoms with Crippen LogP contribution < -0.4 is 5.32 Å². The third kappa shape index (κ3) is 5.28. The van der Waals surface area contributed by atoms with Gasteiger partial charge in [-0.05, 0) is 65.5 Å². The van der Waals surface area contributed by atoms with Crippen LogP contribution in [0, 0.1) is 11.8 Å². The maximum absolute atomic E-state index is 3.25. The summed E-state index contributed by atoms with van der Waals surface area (Å²) in [6, 6.07) is 0. The van der Waals surface area contributed by atoms with Crippen LogP contribution in [0.3, 0.4) is 0 Å². The quantitative estimate of drug-likeness (QED) is 0.733. The van der Waals surface area contributed by atoms with Gasteiger partial charge in [0.05, 0.1) is 0 Å². The molecule has 16 heavy (non-hydrogen) atoms. The zero-order chi connectivity index (χ0) is 12.0. The van der Waals surface area contributed by atoms with Gasteiger partial charge in [0.15, 0.2) is 0 Å². The molecule has 0 bridgehead atoms. The Hall–Kier alpha value is -0.120. The van der Waals surface area contributed by atoms with Crippen molar-refractivity contribution in [1.82, 2.24) is 15.1 Å². The van der Waals surface area contributed by atoms with E-state index in [2.05, 4.69) is 36.1 Å². The summed E-state index contributed by atoms with van der Waals surface area (Å²) >= 11 is 0. The van der Waals surface area contributed by atoms with Crippen LogP contribution in [0.15, 0.2) is 0 Å². The molecule has 1 rings (SSSR count). The number of likely N-dealkylation sites (tertiary alicyclic amines) is 1. The predicted octanol–water partition coefficient (Wildman–Crippen LogP) is 1.12. The Kier molecular flexibility index (Phi) is 6.32. The van der Waals surface area contributed by atoms with Crippen molar-refractivity contribution in [2.45, 2.75) is 19.8 Å². The Labute approximate surface area is 101 Å². The molecule has 1 aliphatic heterocycles. The summed E-state index contributed by atoms with van der Waals surface area (Å²) in [6.07, 6.45) is 2.75. The molecule has 1 aliphatic rings. The van der Waals surface area contributed by atoms with Gasteiger partial charge in [0.25, 0.3) is 0 Å². The summed E-state index contributed by atoms with van der Waals surface area (Å²) in [6.45, 7) is 8.50. The fraction of sp³-hybridized carbons (Fsp3) is 1.00. The van der Waals surface area contributed by atoms with Gasteiger partial charge in [-0.3, -0.25) is 0 Å². The van der Waals surface area contributed by atoms with Gasteiger partial charge in [0.2, 0.25) is 0 Å². The molecule has 0 aromatic carbocycles. The fourth-order valence-corrected chi connectivity index (χ4v) is 2.71. The van der Waals surface area contributed by atoms with Gasteiger partial charge in [0.1, 0.15) is 0 Å². The predicted molar refractivity (Wildman–Crippen MR) is 70.8 cm³/mol. The van der Waals surface area contributed by atoms with Gasteiger partial charge in [-0.15, -0.1) is 0 Å². The second-order valence-electron chi connectivity index (χ2n) is 5.63. The highest BCUT2D eigenvalue weighted by Gasteiger charge is 2.18. The molecular formula is C13H29N3. The zero-order valence-corrected chi connectivity index (χ0v) is 11.5. The SMILES string of the molecule is CNCC(C)CN(C)CC1CCN(C)CC1. The average molecular weight is 227 g/mol. The molecule has 0 aromatic rings. The third-order valence-electron chi connectivity index (χ3n) is 3.58. The van der Waals surface area contributed by atoms with Crippen molar-refractivity contribution in [2.24, 2.45) is 11.8 Å². The molecule has 1 fully saturated rings. The number of rotatable bonds is 6. The zero-order valence-electron chi connectivity index (χ0n) is 11.5. The molecule has 0 aromatic heterocycles. The van der Waals surface area contributed by atoms with Gasteiger partial charge >= 0.3 is 0 Å². The van der Waals surface area contributed by atoms with Gasteiger partial charge in [-0.2, -0.15) is 0 Å². The maximum Gasteiger partial charge on any atom is 0.00162 e. The molecule has 1 atom stereocenters. The first-order valence-corrected chi connectivity index (χ1v) is 6.63. The normalized spacial score (nSPS) is 21.6. The molecule has 1 saturated heterocycles. The van der Waals surface area contributed by atoms with Crippen LogP contribution in [0.2, 0.25) is 0 Å². The lowest BCUT2D eigenvalue weighted by molar-refractivity contribution is 0.167. The summed E-state index contributed by atoms with van der Waals surface area (Å²) < 4.78 is 0. The molecule has 3 heteroatoms. The highest BCUT2D eigenvalue weighted by molar-refractivity contribution is 4.73. The van der Waals surface area contributed by atoms with Crippen LogP contribution in [0.1, 0.15) is 19.8 Å². The van der Waals surface area contributed by atoms with Crippen molar-refractivity contribution in [2.75, 3.05) is 53.9 Å². The first kappa shape index (κ1) is 13.9. The maximum atomic E-state index is 3.25. The second kappa shape index (κ2) is 7.25. The number of nitrogens with zero attached hydrogens (tertiary/aromatic N) is 2. The van der Waals surface area contributed by atoms with E-state index in [4.69, 9.17) is 0 Å². The monoisotopic (exact) mass is 227 g/mol. The first-order chi connectivity index (χ1) is 7.61. The van der Waals surface area contributed by atoms with Crippen LogP contribution in [0.4, 0.5) is 0 Å². The van der Waals surface area contributed by atoms with E-state index in [1.807, 2.05) is 7.05 Å². The Bertz CT molecular complexity index is 176. The molecular weight excluding hydrogens is 198 g/mol. The smallest absolute Gasteiger partial charge is 0.00162 e. The minimum atomic E-state index is 0.751. The molecule has 0 amide bonds. The van der Waals surface area contributed by atoms with E-state index in [0.717, 1.165) is 18.4 Å². The topological polar surface area (TPSA) is 18.5 Å². The van der Waals surface area contributed by atoms with Crippen LogP contribution in [-0.2, 0) is 0 Å². The summed E-state index contributed by atoms with van der Waals surface area (Å²) in [5, 5.41) is 3.25. The number of hydrogen-bond acceptors (Lipinski definition) is 3. The fourth-order valence-electron chi connectivity index (χ4n) is 2.71. The van der Waals surface area contributed by atoms with Gasteiger partial charge in [-0.1, -0.05) is 6.92 Å². The van der Waals surface area contributed by atoms with Gasteiger partial charge in [-0.25, -0.2) is 0 Å². The lowest BCUT2D eigenvalue weighted by atomic mass is 9.96. The van der Waals surface area contributed by atoms with E-state index in [1.54, 1.807) is 0 Å². The van der Waals surface area contributed by atoms with Crippen molar-refractivity contribution in [3.63, 3.8) is 0 Å². The molecule has 1 N–H and O–H groups in total. The lowest BCUT2D eigenvalue weighted by Gasteiger charge is -2.32. The van der Waals surface area contributed by atoms with Gasteiger partial charge in [0, 0.05) is 13.1 Å². The van der Waals surface area contributed by atoms with Crippen molar-refractivity contribution in [3.8, 4) is 0 Å². The van der Waals surface area contributed by atoms with E-state index in [1.165, 1.54) is 39.0 Å². The summed E-state index contributed by atoms with van der Waals surface area (Å²) in [5.74, 6) is 1.67. The lowest BCUT2D eigenvalue weighted by Crippen LogP contribution is -2.38. The van der Waals surface area contributed by atoms with Crippen molar-refractivity contribution in [3.05, 3.63) is 0 Å². The van der Waals surface area contributed by atoms with E-state index < -0.39 is 0 Å². The second-order valence-corrected chi connectivity index (χ2v) is 5.63. The number of hydrogen-bond donors (Lipinski definition) is 1. The van der Waals surface area contributed by atoms with Crippen molar-refractivity contribution < 1.29 is 0 Å². The minimum Gasteiger partial charge on any atom is -0.319 e. The average Bonchev–Trinajstić information content (AvgIpc) is 2.21. The Morgan fingerprint density at radius 3 is 2.56 bits per heavy atom. The highest BCUT2D eigenvalue weighted by atomic mass is 15.1. The third-order valence-corrected chi connectivity index (χ3v) is 3.58. The summed E-state index contributed by atoms with van der Waals surface area (Å²) in [5.41, 5.74) is 0. The standard InChI is InChI=1S/C13H29N3/c1-12(9-14-2)10-16(4)11-13-5-7-15(3)8-6-13/h12-14H,5-11H2,1-4H3. The van der Waals surface area contributed by atoms with E-state index in [-0.39, 0.29) is 0 Å². The Morgan fingerprint density at radius 1 is 1.38 bits per heavy atom. The molecule has 1 unspecified atom stereocenters. The molecule has 0 radical (unpaired) electrons. The Balaban J connectivity index is 2.15. The summed E-state index contributed by atoms with van der Waals surface area (Å²) in [4.78, 5) is 4.96. The molecule has 0 saturated carbocycles. The van der Waals surface area contributed by atoms with E-state index >= 15 is 0 Å². The molecule has 0 aliphatic carbocycles. The molecule has 3 nitrogen and oxygen atoms in total. The Morgan fingerprint density at radius 2 is 2.00 bits per heavy atom. The number of nitrogens with one attached hydrogen (secondary N) is 1. The van der Waals surface area contributed by atoms with E-state index in [9.17, 15) is 0 Å². The minimum absolute atomic E-state index is 0.751. The van der Waals surface area contributed by atoms with E-state index in [0.29, 0.717) is 0 Å². The number of piperidine rings is 1. The molecule has 96 valence electrons. The van der Waals surface area contributed by atoms with Crippen LogP contribution in [-0.4, -0.2) is 63.7 Å². The van der Waals surface area contributed by atoms with Crippen LogP contribution >= 0.6 is 0 Å². The van der Waals surface area contributed by atoms with Gasteiger partial charge < -0.3 is 15.1 Å². The molecule has 0 spiro atoms. The first-order valence-electron chi connectivity index (χ1n) is 6.63. The van der Waals surface area contributed by atoms with Crippen molar-refractivity contribution >= 4 is 0 Å². The summed E-state index contributed by atoms with van der Waals surface area (Å²) in [7, 11) is 6.53. The van der Waals surface area contributed by atoms with Crippen LogP contribution in [0.5, 0.6) is 0 Å². The molecule has 1 heterocycles. The highest BCUT2D eigenvalue weighted by Crippen LogP contribution is 2.17. The van der Waals surface area contributed by atoms with Crippen LogP contribution in [0.25, 0.3) is 0 Å².